The summed E-state index contributed by atoms with van der Waals surface area (Å²) >= 11 is 0. The predicted octanol–water partition coefficient (Wildman–Crippen LogP) is 3.80. The molecule has 12 heteroatoms. The van der Waals surface area contributed by atoms with Crippen molar-refractivity contribution in [3.8, 4) is 0 Å². The van der Waals surface area contributed by atoms with Gasteiger partial charge in [-0.05, 0) is 34.7 Å². The number of hydrogen-bond acceptors (Lipinski definition) is 4. The Morgan fingerprint density at radius 2 is 1.62 bits per heavy atom. The molecule has 170 valence electrons. The van der Waals surface area contributed by atoms with Crippen LogP contribution in [0.3, 0.4) is 0 Å². The number of ether oxygens (including phenoxy) is 1. The molecule has 29 heavy (non-hydrogen) atoms. The lowest BCUT2D eigenvalue weighted by atomic mass is 10.2. The van der Waals surface area contributed by atoms with Gasteiger partial charge in [0.1, 0.15) is 11.8 Å². The second-order valence-corrected chi connectivity index (χ2v) is 7.37. The summed E-state index contributed by atoms with van der Waals surface area (Å²) in [6, 6.07) is 0. The molecule has 0 heterocycles. The highest BCUT2D eigenvalue weighted by atomic mass is 19.4. The smallest absolute Gasteiger partial charge is 0.444 e. The van der Waals surface area contributed by atoms with E-state index in [2.05, 4.69) is 16.9 Å². The van der Waals surface area contributed by atoms with E-state index in [0.717, 1.165) is 11.9 Å². The fourth-order valence-electron chi connectivity index (χ4n) is 2.18. The van der Waals surface area contributed by atoms with Crippen LogP contribution in [0, 0.1) is 0 Å². The summed E-state index contributed by atoms with van der Waals surface area (Å²) in [5.41, 5.74) is -1.99. The van der Waals surface area contributed by atoms with Crippen LogP contribution in [0.1, 0.15) is 27.7 Å². The van der Waals surface area contributed by atoms with Gasteiger partial charge in [-0.15, -0.1) is 0 Å². The largest absolute Gasteiger partial charge is 0.449 e. The molecular formula is C17H28F6N4O2. The van der Waals surface area contributed by atoms with E-state index < -0.39 is 48.2 Å². The molecule has 0 aliphatic rings. The zero-order valence-electron chi connectivity index (χ0n) is 17.3. The van der Waals surface area contributed by atoms with Gasteiger partial charge in [0.05, 0.1) is 0 Å². The van der Waals surface area contributed by atoms with Crippen molar-refractivity contribution in [2.24, 2.45) is 4.99 Å². The molecule has 0 radical (unpaired) electrons. The molecule has 0 aliphatic heterocycles. The molecule has 1 atom stereocenters. The SMILES string of the molecule is C=C(CN(C)CC(NC(=O)OC(C)(C)C)N(C)C(=NCC)C(F)(F)F)C(F)(F)F. The average Bonchev–Trinajstić information content (AvgIpc) is 2.47. The third-order valence-corrected chi connectivity index (χ3v) is 3.39. The van der Waals surface area contributed by atoms with E-state index in [1.54, 1.807) is 20.8 Å². The molecule has 1 N–H and O–H groups in total. The fraction of sp³-hybridized carbons (Fsp3) is 0.765. The van der Waals surface area contributed by atoms with Crippen molar-refractivity contribution in [3.05, 3.63) is 12.2 Å². The maximum atomic E-state index is 13.3. The van der Waals surface area contributed by atoms with Crippen molar-refractivity contribution < 1.29 is 35.9 Å². The first kappa shape index (κ1) is 27.0. The monoisotopic (exact) mass is 434 g/mol. The first-order valence-corrected chi connectivity index (χ1v) is 8.66. The second-order valence-electron chi connectivity index (χ2n) is 7.37. The number of hydrogen-bond donors (Lipinski definition) is 1. The number of alkyl halides is 6. The quantitative estimate of drug-likeness (QED) is 0.218. The molecule has 1 unspecified atom stereocenters. The van der Waals surface area contributed by atoms with Gasteiger partial charge < -0.3 is 9.64 Å². The highest BCUT2D eigenvalue weighted by Crippen LogP contribution is 2.25. The van der Waals surface area contributed by atoms with Gasteiger partial charge in [-0.1, -0.05) is 6.58 Å². The number of amides is 1. The van der Waals surface area contributed by atoms with Crippen LogP contribution < -0.4 is 5.32 Å². The van der Waals surface area contributed by atoms with Crippen molar-refractivity contribution in [1.82, 2.24) is 15.1 Å². The Labute approximate surface area is 166 Å². The summed E-state index contributed by atoms with van der Waals surface area (Å²) in [7, 11) is 2.30. The minimum atomic E-state index is -4.83. The topological polar surface area (TPSA) is 57.2 Å². The molecular weight excluding hydrogens is 406 g/mol. The first-order valence-electron chi connectivity index (χ1n) is 8.66. The number of carbonyl (C=O) groups is 1. The number of aliphatic imine (C=N–C) groups is 1. The predicted molar refractivity (Wildman–Crippen MR) is 97.6 cm³/mol. The third kappa shape index (κ3) is 10.4. The van der Waals surface area contributed by atoms with Crippen molar-refractivity contribution in [1.29, 1.82) is 0 Å². The maximum Gasteiger partial charge on any atom is 0.449 e. The molecule has 0 spiro atoms. The highest BCUT2D eigenvalue weighted by molar-refractivity contribution is 5.88. The van der Waals surface area contributed by atoms with Crippen molar-refractivity contribution >= 4 is 11.9 Å². The zero-order chi connectivity index (χ0) is 23.2. The van der Waals surface area contributed by atoms with Crippen LogP contribution in [0.2, 0.25) is 0 Å². The molecule has 0 aromatic heterocycles. The van der Waals surface area contributed by atoms with Gasteiger partial charge in [0.25, 0.3) is 0 Å². The number of halogens is 6. The number of nitrogens with one attached hydrogen (secondary N) is 1. The van der Waals surface area contributed by atoms with E-state index in [1.165, 1.54) is 14.0 Å². The summed E-state index contributed by atoms with van der Waals surface area (Å²) in [4.78, 5) is 17.2. The van der Waals surface area contributed by atoms with E-state index in [0.29, 0.717) is 4.90 Å². The normalized spacial score (nSPS) is 14.6. The van der Waals surface area contributed by atoms with Crippen molar-refractivity contribution in [3.63, 3.8) is 0 Å². The molecule has 0 saturated heterocycles. The lowest BCUT2D eigenvalue weighted by Crippen LogP contribution is -2.57. The summed E-state index contributed by atoms with van der Waals surface area (Å²) in [5.74, 6) is -1.27. The summed E-state index contributed by atoms with van der Waals surface area (Å²) in [5, 5.41) is 2.26. The summed E-state index contributed by atoms with van der Waals surface area (Å²) in [6.07, 6.45) is -11.9. The van der Waals surface area contributed by atoms with Crippen LogP contribution in [-0.2, 0) is 4.74 Å². The molecule has 0 aromatic rings. The van der Waals surface area contributed by atoms with E-state index in [1.807, 2.05) is 0 Å². The van der Waals surface area contributed by atoms with Gasteiger partial charge in [-0.2, -0.15) is 26.3 Å². The fourth-order valence-corrected chi connectivity index (χ4v) is 2.18. The van der Waals surface area contributed by atoms with E-state index in [-0.39, 0.29) is 13.1 Å². The molecule has 0 saturated carbocycles. The van der Waals surface area contributed by atoms with Crippen LogP contribution in [-0.4, -0.2) is 79.6 Å². The van der Waals surface area contributed by atoms with Gasteiger partial charge in [-0.25, -0.2) is 4.79 Å². The Bertz CT molecular complexity index is 596. The number of rotatable bonds is 7. The molecule has 0 bridgehead atoms. The van der Waals surface area contributed by atoms with Crippen LogP contribution in [0.5, 0.6) is 0 Å². The Hall–Kier alpha value is -1.98. The third-order valence-electron chi connectivity index (χ3n) is 3.39. The highest BCUT2D eigenvalue weighted by Gasteiger charge is 2.41. The summed E-state index contributed by atoms with van der Waals surface area (Å²) in [6.45, 7) is 7.79. The van der Waals surface area contributed by atoms with Gasteiger partial charge in [-0.3, -0.25) is 15.2 Å². The molecule has 0 rings (SSSR count). The van der Waals surface area contributed by atoms with Gasteiger partial charge in [0.2, 0.25) is 5.84 Å². The van der Waals surface area contributed by atoms with Crippen molar-refractivity contribution in [2.75, 3.05) is 33.7 Å². The van der Waals surface area contributed by atoms with Crippen LogP contribution in [0.25, 0.3) is 0 Å². The van der Waals surface area contributed by atoms with E-state index in [4.69, 9.17) is 4.74 Å². The molecule has 0 aliphatic carbocycles. The molecule has 6 nitrogen and oxygen atoms in total. The Balaban J connectivity index is 5.62. The van der Waals surface area contributed by atoms with Crippen LogP contribution in [0.15, 0.2) is 17.1 Å². The number of likely N-dealkylation sites (N-methyl/N-ethyl adjacent to an activating group) is 2. The standard InChI is InChI=1S/C17H28F6N4O2/c1-8-24-13(17(21,22)23)27(7)12(25-14(28)29-15(3,4)5)10-26(6)9-11(2)16(18,19)20/h12H,2,8-10H2,1,3-7H3,(H,25,28). The zero-order valence-corrected chi connectivity index (χ0v) is 17.3. The minimum Gasteiger partial charge on any atom is -0.444 e. The van der Waals surface area contributed by atoms with Gasteiger partial charge >= 0.3 is 18.4 Å². The van der Waals surface area contributed by atoms with Crippen LogP contribution in [0.4, 0.5) is 31.1 Å². The molecule has 0 aromatic carbocycles. The average molecular weight is 434 g/mol. The second kappa shape index (κ2) is 10.2. The van der Waals surface area contributed by atoms with Crippen LogP contribution >= 0.6 is 0 Å². The van der Waals surface area contributed by atoms with Gasteiger partial charge in [0.15, 0.2) is 0 Å². The number of nitrogens with zero attached hydrogens (tertiary/aromatic N) is 3. The summed E-state index contributed by atoms with van der Waals surface area (Å²) < 4.78 is 83.1. The number of amidine groups is 1. The Morgan fingerprint density at radius 1 is 1.10 bits per heavy atom. The number of alkyl carbamates (subject to hydrolysis) is 1. The van der Waals surface area contributed by atoms with Crippen molar-refractivity contribution in [2.45, 2.75) is 51.8 Å². The van der Waals surface area contributed by atoms with Gasteiger partial charge in [0, 0.05) is 32.3 Å². The Kier molecular flexibility index (Phi) is 9.48. The Morgan fingerprint density at radius 3 is 2.00 bits per heavy atom. The maximum absolute atomic E-state index is 13.3. The first-order chi connectivity index (χ1) is 12.9. The lowest BCUT2D eigenvalue weighted by Gasteiger charge is -2.35. The lowest BCUT2D eigenvalue weighted by molar-refractivity contribution is -0.0952. The van der Waals surface area contributed by atoms with E-state index in [9.17, 15) is 31.1 Å². The molecule has 0 fully saturated rings. The van der Waals surface area contributed by atoms with E-state index >= 15 is 0 Å². The number of carbonyl (C=O) groups excluding carboxylic acids is 1. The molecule has 1 amide bonds. The minimum absolute atomic E-state index is 0.181.